The minimum atomic E-state index is -0.0187. The fraction of sp³-hybridized carbons (Fsp3) is 0.364. The fourth-order valence-electron chi connectivity index (χ4n) is 3.09. The second kappa shape index (κ2) is 9.31. The van der Waals surface area contributed by atoms with Gasteiger partial charge >= 0.3 is 0 Å². The van der Waals surface area contributed by atoms with Crippen LogP contribution >= 0.6 is 0 Å². The molecule has 27 heavy (non-hydrogen) atoms. The average Bonchev–Trinajstić information content (AvgIpc) is 2.71. The average molecular weight is 364 g/mol. The Labute approximate surface area is 159 Å². The molecule has 0 amide bonds. The first-order valence-electron chi connectivity index (χ1n) is 9.22. The number of hydrogen-bond acceptors (Lipinski definition) is 5. The van der Waals surface area contributed by atoms with Crippen LogP contribution in [-0.4, -0.2) is 25.1 Å². The number of nitrogens with one attached hydrogen (secondary N) is 1. The molecule has 0 bridgehead atoms. The standard InChI is InChI=1S/C22H24N2O3/c1-16(25)19-5-6-20(13-23)22(12-19)24-14-17-3-2-4-18(11-17)15-27-21-7-9-26-10-8-21/h2-6,11-12,21,24H,7-10,14-15H2,1H3. The van der Waals surface area contributed by atoms with Gasteiger partial charge in [0, 0.05) is 25.3 Å². The number of carbonyl (C=O) groups excluding carboxylic acids is 1. The number of rotatable bonds is 7. The summed E-state index contributed by atoms with van der Waals surface area (Å²) in [5, 5.41) is 12.6. The van der Waals surface area contributed by atoms with Gasteiger partial charge in [0.2, 0.25) is 0 Å². The Kier molecular flexibility index (Phi) is 6.59. The molecule has 5 heteroatoms. The minimum absolute atomic E-state index is 0.0187. The Hall–Kier alpha value is -2.68. The van der Waals surface area contributed by atoms with Crippen LogP contribution in [0.2, 0.25) is 0 Å². The van der Waals surface area contributed by atoms with Crippen molar-refractivity contribution in [1.29, 1.82) is 5.26 Å². The lowest BCUT2D eigenvalue weighted by Crippen LogP contribution is -2.23. The normalized spacial score (nSPS) is 14.5. The highest BCUT2D eigenvalue weighted by Crippen LogP contribution is 2.19. The van der Waals surface area contributed by atoms with Crippen molar-refractivity contribution in [3.8, 4) is 6.07 Å². The summed E-state index contributed by atoms with van der Waals surface area (Å²) in [4.78, 5) is 11.6. The second-order valence-corrected chi connectivity index (χ2v) is 6.72. The monoisotopic (exact) mass is 364 g/mol. The maximum atomic E-state index is 11.6. The van der Waals surface area contributed by atoms with E-state index in [1.165, 1.54) is 6.92 Å². The predicted octanol–water partition coefficient (Wildman–Crippen LogP) is 4.07. The number of hydrogen-bond donors (Lipinski definition) is 1. The van der Waals surface area contributed by atoms with Crippen molar-refractivity contribution in [2.75, 3.05) is 18.5 Å². The first-order chi connectivity index (χ1) is 13.2. The third kappa shape index (κ3) is 5.40. The number of benzene rings is 2. The third-order valence-corrected chi connectivity index (χ3v) is 4.67. The maximum absolute atomic E-state index is 11.6. The molecule has 1 fully saturated rings. The van der Waals surface area contributed by atoms with Crippen molar-refractivity contribution in [1.82, 2.24) is 0 Å². The molecule has 0 atom stereocenters. The topological polar surface area (TPSA) is 71.4 Å². The van der Waals surface area contributed by atoms with Gasteiger partial charge in [-0.3, -0.25) is 4.79 Å². The molecular weight excluding hydrogens is 340 g/mol. The zero-order chi connectivity index (χ0) is 19.1. The van der Waals surface area contributed by atoms with Gasteiger partial charge in [0.25, 0.3) is 0 Å². The number of ketones is 1. The number of Topliss-reactive ketones (excluding diaryl/α,β-unsaturated/α-hetero) is 1. The minimum Gasteiger partial charge on any atom is -0.381 e. The Balaban J connectivity index is 1.62. The van der Waals surface area contributed by atoms with E-state index in [0.717, 1.165) is 37.2 Å². The summed E-state index contributed by atoms with van der Waals surface area (Å²) in [6.45, 7) is 4.22. The molecule has 0 radical (unpaired) electrons. The molecule has 2 aromatic rings. The van der Waals surface area contributed by atoms with E-state index in [2.05, 4.69) is 23.5 Å². The van der Waals surface area contributed by atoms with Crippen LogP contribution in [0.4, 0.5) is 5.69 Å². The van der Waals surface area contributed by atoms with Gasteiger partial charge < -0.3 is 14.8 Å². The molecule has 140 valence electrons. The largest absolute Gasteiger partial charge is 0.381 e. The Morgan fingerprint density at radius 1 is 1.22 bits per heavy atom. The van der Waals surface area contributed by atoms with Crippen LogP contribution in [0.3, 0.4) is 0 Å². The molecule has 1 aliphatic heterocycles. The molecule has 0 saturated carbocycles. The smallest absolute Gasteiger partial charge is 0.159 e. The summed E-state index contributed by atoms with van der Waals surface area (Å²) < 4.78 is 11.3. The molecule has 5 nitrogen and oxygen atoms in total. The summed E-state index contributed by atoms with van der Waals surface area (Å²) in [5.74, 6) is -0.0187. The molecule has 1 aliphatic rings. The van der Waals surface area contributed by atoms with Gasteiger partial charge in [0.1, 0.15) is 6.07 Å². The number of nitriles is 1. The van der Waals surface area contributed by atoms with Crippen LogP contribution in [0.25, 0.3) is 0 Å². The van der Waals surface area contributed by atoms with Gasteiger partial charge in [0.05, 0.1) is 24.0 Å². The summed E-state index contributed by atoms with van der Waals surface area (Å²) in [7, 11) is 0. The second-order valence-electron chi connectivity index (χ2n) is 6.72. The van der Waals surface area contributed by atoms with E-state index in [1.807, 2.05) is 12.1 Å². The van der Waals surface area contributed by atoms with Crippen molar-refractivity contribution < 1.29 is 14.3 Å². The van der Waals surface area contributed by atoms with E-state index in [0.29, 0.717) is 30.0 Å². The molecule has 0 unspecified atom stereocenters. The number of anilines is 1. The Morgan fingerprint density at radius 3 is 2.74 bits per heavy atom. The van der Waals surface area contributed by atoms with E-state index in [1.54, 1.807) is 18.2 Å². The van der Waals surface area contributed by atoms with Crippen LogP contribution in [0, 0.1) is 11.3 Å². The molecule has 1 saturated heterocycles. The molecular formula is C22H24N2O3. The highest BCUT2D eigenvalue weighted by Gasteiger charge is 2.14. The third-order valence-electron chi connectivity index (χ3n) is 4.67. The summed E-state index contributed by atoms with van der Waals surface area (Å²) in [6.07, 6.45) is 2.17. The highest BCUT2D eigenvalue weighted by molar-refractivity contribution is 5.95. The van der Waals surface area contributed by atoms with Gasteiger partial charge in [-0.2, -0.15) is 5.26 Å². The maximum Gasteiger partial charge on any atom is 0.159 e. The van der Waals surface area contributed by atoms with Crippen LogP contribution in [0.5, 0.6) is 0 Å². The fourth-order valence-corrected chi connectivity index (χ4v) is 3.09. The number of nitrogens with zero attached hydrogens (tertiary/aromatic N) is 1. The SMILES string of the molecule is CC(=O)c1ccc(C#N)c(NCc2cccc(COC3CCOCC3)c2)c1. The lowest BCUT2D eigenvalue weighted by molar-refractivity contribution is -0.0390. The van der Waals surface area contributed by atoms with Gasteiger partial charge in [-0.1, -0.05) is 24.3 Å². The van der Waals surface area contributed by atoms with E-state index in [4.69, 9.17) is 9.47 Å². The van der Waals surface area contributed by atoms with E-state index >= 15 is 0 Å². The predicted molar refractivity (Wildman–Crippen MR) is 104 cm³/mol. The van der Waals surface area contributed by atoms with Crippen molar-refractivity contribution >= 4 is 11.5 Å². The molecule has 1 heterocycles. The zero-order valence-corrected chi connectivity index (χ0v) is 15.5. The van der Waals surface area contributed by atoms with E-state index < -0.39 is 0 Å². The first-order valence-corrected chi connectivity index (χ1v) is 9.22. The molecule has 0 spiro atoms. The summed E-state index contributed by atoms with van der Waals surface area (Å²) in [6, 6.07) is 15.5. The molecule has 3 rings (SSSR count). The number of ether oxygens (including phenoxy) is 2. The first kappa shape index (κ1) is 19.1. The van der Waals surface area contributed by atoms with Crippen molar-refractivity contribution in [2.24, 2.45) is 0 Å². The van der Waals surface area contributed by atoms with E-state index in [9.17, 15) is 10.1 Å². The van der Waals surface area contributed by atoms with Crippen LogP contribution < -0.4 is 5.32 Å². The molecule has 0 aromatic heterocycles. The summed E-state index contributed by atoms with van der Waals surface area (Å²) in [5.41, 5.74) is 4.02. The Morgan fingerprint density at radius 2 is 2.00 bits per heavy atom. The van der Waals surface area contributed by atoms with Crippen LogP contribution in [-0.2, 0) is 22.6 Å². The van der Waals surface area contributed by atoms with Gasteiger partial charge in [0.15, 0.2) is 5.78 Å². The van der Waals surface area contributed by atoms with Crippen molar-refractivity contribution in [2.45, 2.75) is 39.0 Å². The molecule has 1 N–H and O–H groups in total. The Bertz CT molecular complexity index is 836. The summed E-state index contributed by atoms with van der Waals surface area (Å²) >= 11 is 0. The van der Waals surface area contributed by atoms with Gasteiger partial charge in [-0.05, 0) is 49.1 Å². The van der Waals surface area contributed by atoms with Crippen LogP contribution in [0.1, 0.15) is 46.8 Å². The van der Waals surface area contributed by atoms with Gasteiger partial charge in [-0.15, -0.1) is 0 Å². The lowest BCUT2D eigenvalue weighted by Gasteiger charge is -2.22. The molecule has 0 aliphatic carbocycles. The van der Waals surface area contributed by atoms with Crippen molar-refractivity contribution in [3.05, 3.63) is 64.7 Å². The molecule has 2 aromatic carbocycles. The highest BCUT2D eigenvalue weighted by atomic mass is 16.5. The zero-order valence-electron chi connectivity index (χ0n) is 15.5. The van der Waals surface area contributed by atoms with E-state index in [-0.39, 0.29) is 11.9 Å². The number of carbonyl (C=O) groups is 1. The van der Waals surface area contributed by atoms with Gasteiger partial charge in [-0.25, -0.2) is 0 Å². The lowest BCUT2D eigenvalue weighted by atomic mass is 10.1. The quantitative estimate of drug-likeness (QED) is 0.750. The van der Waals surface area contributed by atoms with Crippen LogP contribution in [0.15, 0.2) is 42.5 Å². The van der Waals surface area contributed by atoms with Crippen molar-refractivity contribution in [3.63, 3.8) is 0 Å².